The lowest BCUT2D eigenvalue weighted by molar-refractivity contribution is 0.670. The lowest BCUT2D eigenvalue weighted by Crippen LogP contribution is -2.00. The minimum absolute atomic E-state index is 0.645. The second-order valence-corrected chi connectivity index (χ2v) is 15.5. The Kier molecular flexibility index (Phi) is 7.03. The first-order chi connectivity index (χ1) is 28.2. The van der Waals surface area contributed by atoms with Crippen LogP contribution in [0.3, 0.4) is 0 Å². The topological polar surface area (TPSA) is 56.7 Å². The molecule has 0 aliphatic carbocycles. The van der Waals surface area contributed by atoms with E-state index in [0.717, 1.165) is 55.4 Å². The van der Waals surface area contributed by atoms with Crippen LogP contribution in [0, 0.1) is 0 Å². The van der Waals surface area contributed by atoms with Crippen LogP contribution in [-0.2, 0) is 0 Å². The van der Waals surface area contributed by atoms with Crippen molar-refractivity contribution in [1.82, 2.24) is 19.5 Å². The molecule has 266 valence electrons. The summed E-state index contributed by atoms with van der Waals surface area (Å²) in [7, 11) is 0. The van der Waals surface area contributed by atoms with Crippen molar-refractivity contribution in [2.75, 3.05) is 0 Å². The summed E-state index contributed by atoms with van der Waals surface area (Å²) in [6, 6.07) is 63.8. The molecule has 12 rings (SSSR count). The van der Waals surface area contributed by atoms with Crippen molar-refractivity contribution in [3.8, 4) is 51.0 Å². The van der Waals surface area contributed by atoms with Crippen molar-refractivity contribution in [2.45, 2.75) is 0 Å². The largest absolute Gasteiger partial charge is 0.455 e. The maximum atomic E-state index is 6.82. The molecule has 0 aliphatic rings. The summed E-state index contributed by atoms with van der Waals surface area (Å²) in [6.45, 7) is 0. The number of para-hydroxylation sites is 3. The molecule has 0 unspecified atom stereocenters. The predicted octanol–water partition coefficient (Wildman–Crippen LogP) is 13.9. The molecule has 0 aliphatic heterocycles. The van der Waals surface area contributed by atoms with Gasteiger partial charge in [-0.3, -0.25) is 0 Å². The third kappa shape index (κ3) is 5.04. The number of hydrogen-bond donors (Lipinski definition) is 0. The van der Waals surface area contributed by atoms with Crippen LogP contribution < -0.4 is 0 Å². The van der Waals surface area contributed by atoms with E-state index >= 15 is 0 Å². The minimum atomic E-state index is 0.645. The van der Waals surface area contributed by atoms with Gasteiger partial charge in [0.15, 0.2) is 17.5 Å². The number of rotatable bonds is 5. The molecular weight excluding hydrogens is 717 g/mol. The van der Waals surface area contributed by atoms with Crippen molar-refractivity contribution in [1.29, 1.82) is 0 Å². The molecule has 0 atom stereocenters. The monoisotopic (exact) mass is 746 g/mol. The van der Waals surface area contributed by atoms with Gasteiger partial charge in [-0.25, -0.2) is 15.0 Å². The lowest BCUT2D eigenvalue weighted by atomic mass is 9.99. The highest BCUT2D eigenvalue weighted by molar-refractivity contribution is 7.25. The zero-order valence-corrected chi connectivity index (χ0v) is 31.2. The normalized spacial score (nSPS) is 11.9. The highest BCUT2D eigenvalue weighted by Gasteiger charge is 2.20. The van der Waals surface area contributed by atoms with E-state index in [9.17, 15) is 0 Å². The standard InChI is InChI=1S/C51H30N4OS/c1-3-13-31(14-4-1)49-52-50(32-15-5-2-6-16-32)54-51(53-49)34-26-28-46-40(30-34)39-29-33(25-27-45(39)57-46)35-19-11-20-38-47-43(23-12-24-44(47)56-48(35)38)55-41-21-9-7-17-36(41)37-18-8-10-22-42(37)55/h1-30H. The molecule has 0 saturated carbocycles. The molecule has 0 amide bonds. The molecule has 5 nitrogen and oxygen atoms in total. The van der Waals surface area contributed by atoms with Crippen molar-refractivity contribution < 1.29 is 4.42 Å². The van der Waals surface area contributed by atoms with Crippen LogP contribution in [0.25, 0.3) is 115 Å². The molecule has 4 heterocycles. The van der Waals surface area contributed by atoms with Crippen LogP contribution >= 0.6 is 11.3 Å². The number of hydrogen-bond acceptors (Lipinski definition) is 5. The molecular formula is C51H30N4OS. The van der Waals surface area contributed by atoms with Gasteiger partial charge in [-0.2, -0.15) is 0 Å². The first-order valence-corrected chi connectivity index (χ1v) is 19.8. The van der Waals surface area contributed by atoms with E-state index in [1.165, 1.54) is 42.0 Å². The van der Waals surface area contributed by atoms with Gasteiger partial charge in [-0.15, -0.1) is 11.3 Å². The second-order valence-electron chi connectivity index (χ2n) is 14.4. The predicted molar refractivity (Wildman–Crippen MR) is 236 cm³/mol. The van der Waals surface area contributed by atoms with Gasteiger partial charge < -0.3 is 8.98 Å². The van der Waals surface area contributed by atoms with Gasteiger partial charge in [0.1, 0.15) is 11.2 Å². The summed E-state index contributed by atoms with van der Waals surface area (Å²) >= 11 is 1.80. The molecule has 57 heavy (non-hydrogen) atoms. The highest BCUT2D eigenvalue weighted by atomic mass is 32.1. The summed E-state index contributed by atoms with van der Waals surface area (Å²) in [6.07, 6.45) is 0. The third-order valence-corrected chi connectivity index (χ3v) is 12.2. The van der Waals surface area contributed by atoms with Gasteiger partial charge in [0.05, 0.1) is 22.1 Å². The van der Waals surface area contributed by atoms with E-state index in [2.05, 4.69) is 126 Å². The van der Waals surface area contributed by atoms with Gasteiger partial charge in [0.2, 0.25) is 0 Å². The Hall–Kier alpha value is -7.41. The Bertz CT molecular complexity index is 3420. The third-order valence-electron chi connectivity index (χ3n) is 11.1. The van der Waals surface area contributed by atoms with Crippen molar-refractivity contribution >= 4 is 75.3 Å². The SMILES string of the molecule is c1ccc(-c2nc(-c3ccccc3)nc(-c3ccc4sc5ccc(-c6cccc7c6oc6cccc(-n8c9ccccc9c9ccccc98)c67)cc5c4c3)n2)cc1. The zero-order chi connectivity index (χ0) is 37.5. The molecule has 0 N–H and O–H groups in total. The summed E-state index contributed by atoms with van der Waals surface area (Å²) < 4.78 is 11.6. The van der Waals surface area contributed by atoms with E-state index in [-0.39, 0.29) is 0 Å². The fraction of sp³-hybridized carbons (Fsp3) is 0. The Morgan fingerprint density at radius 1 is 0.404 bits per heavy atom. The molecule has 0 fully saturated rings. The van der Waals surface area contributed by atoms with Crippen molar-refractivity contribution in [3.63, 3.8) is 0 Å². The average Bonchev–Trinajstić information content (AvgIpc) is 3.96. The molecule has 6 heteroatoms. The summed E-state index contributed by atoms with van der Waals surface area (Å²) in [4.78, 5) is 14.9. The summed E-state index contributed by atoms with van der Waals surface area (Å²) in [5, 5.41) is 7.03. The van der Waals surface area contributed by atoms with E-state index in [0.29, 0.717) is 17.5 Å². The second kappa shape index (κ2) is 12.6. The van der Waals surface area contributed by atoms with E-state index in [1.54, 1.807) is 11.3 Å². The number of thiophene rings is 1. The van der Waals surface area contributed by atoms with Crippen LogP contribution in [0.15, 0.2) is 186 Å². The smallest absolute Gasteiger partial charge is 0.164 e. The van der Waals surface area contributed by atoms with Crippen LogP contribution in [0.4, 0.5) is 0 Å². The number of furan rings is 1. The van der Waals surface area contributed by atoms with Crippen LogP contribution in [-0.4, -0.2) is 19.5 Å². The average molecular weight is 747 g/mol. The van der Waals surface area contributed by atoms with Crippen molar-refractivity contribution in [3.05, 3.63) is 182 Å². The van der Waals surface area contributed by atoms with Gasteiger partial charge in [0.25, 0.3) is 0 Å². The van der Waals surface area contributed by atoms with E-state index < -0.39 is 0 Å². The molecule has 8 aromatic carbocycles. The zero-order valence-electron chi connectivity index (χ0n) is 30.4. The number of benzene rings is 8. The Balaban J connectivity index is 1.02. The minimum Gasteiger partial charge on any atom is -0.455 e. The van der Waals surface area contributed by atoms with Gasteiger partial charge >= 0.3 is 0 Å². The van der Waals surface area contributed by atoms with Gasteiger partial charge in [0, 0.05) is 58.6 Å². The van der Waals surface area contributed by atoms with Crippen LogP contribution in [0.2, 0.25) is 0 Å². The number of aromatic nitrogens is 4. The maximum absolute atomic E-state index is 6.82. The molecule has 0 bridgehead atoms. The maximum Gasteiger partial charge on any atom is 0.164 e. The highest BCUT2D eigenvalue weighted by Crippen LogP contribution is 2.43. The molecule has 4 aromatic heterocycles. The summed E-state index contributed by atoms with van der Waals surface area (Å²) in [5.41, 5.74) is 10.2. The summed E-state index contributed by atoms with van der Waals surface area (Å²) in [5.74, 6) is 1.95. The van der Waals surface area contributed by atoms with Crippen molar-refractivity contribution in [2.24, 2.45) is 0 Å². The molecule has 0 radical (unpaired) electrons. The first kappa shape index (κ1) is 31.9. The Morgan fingerprint density at radius 2 is 0.930 bits per heavy atom. The number of fused-ring (bicyclic) bond motifs is 9. The number of nitrogens with zero attached hydrogens (tertiary/aromatic N) is 4. The fourth-order valence-electron chi connectivity index (χ4n) is 8.45. The molecule has 0 spiro atoms. The Morgan fingerprint density at radius 3 is 1.58 bits per heavy atom. The molecule has 0 saturated heterocycles. The van der Waals surface area contributed by atoms with Crippen LogP contribution in [0.1, 0.15) is 0 Å². The van der Waals surface area contributed by atoms with E-state index in [1.807, 2.05) is 60.7 Å². The Labute approximate surface area is 330 Å². The molecule has 12 aromatic rings. The first-order valence-electron chi connectivity index (χ1n) is 19.0. The lowest BCUT2D eigenvalue weighted by Gasteiger charge is -2.09. The van der Waals surface area contributed by atoms with Gasteiger partial charge in [-0.05, 0) is 60.2 Å². The van der Waals surface area contributed by atoms with Gasteiger partial charge in [-0.1, -0.05) is 127 Å². The van der Waals surface area contributed by atoms with E-state index in [4.69, 9.17) is 19.4 Å². The van der Waals surface area contributed by atoms with Crippen LogP contribution in [0.5, 0.6) is 0 Å². The quantitative estimate of drug-likeness (QED) is 0.176. The fourth-order valence-corrected chi connectivity index (χ4v) is 9.51.